The van der Waals surface area contributed by atoms with Crippen LogP contribution in [0.15, 0.2) is 119 Å². The molecular weight excluding hydrogens is 717 g/mol. The fourth-order valence-corrected chi connectivity index (χ4v) is 7.60. The minimum atomic E-state index is -4.37. The number of benzene rings is 6. The zero-order chi connectivity index (χ0) is 37.4. The summed E-state index contributed by atoms with van der Waals surface area (Å²) in [6.07, 6.45) is 0. The largest absolute Gasteiger partial charge is 0.507 e. The van der Waals surface area contributed by atoms with Gasteiger partial charge in [-0.1, -0.05) is 24.3 Å². The lowest BCUT2D eigenvalue weighted by Crippen LogP contribution is -2.19. The summed E-state index contributed by atoms with van der Waals surface area (Å²) in [4.78, 5) is 35.4. The van der Waals surface area contributed by atoms with Crippen LogP contribution in [0, 0.1) is 0 Å². The second kappa shape index (κ2) is 13.5. The Morgan fingerprint density at radius 1 is 0.500 bits per heavy atom. The van der Waals surface area contributed by atoms with E-state index in [2.05, 4.69) is 20.1 Å². The molecule has 15 nitrogen and oxygen atoms in total. The highest BCUT2D eigenvalue weighted by Gasteiger charge is 2.22. The van der Waals surface area contributed by atoms with Gasteiger partial charge in [-0.25, -0.2) is 31.2 Å². The Morgan fingerprint density at radius 2 is 0.885 bits per heavy atom. The summed E-state index contributed by atoms with van der Waals surface area (Å²) in [6, 6.07) is 23.2. The summed E-state index contributed by atoms with van der Waals surface area (Å²) < 4.78 is 57.2. The van der Waals surface area contributed by atoms with E-state index in [1.54, 1.807) is 0 Å². The van der Waals surface area contributed by atoms with Crippen molar-refractivity contribution < 1.29 is 51.6 Å². The lowest BCUT2D eigenvalue weighted by atomic mass is 10.1. The number of carboxylic acid groups (broad SMARTS) is 2. The molecule has 0 aliphatic carbocycles. The first-order valence-corrected chi connectivity index (χ1v) is 17.9. The first-order valence-electron chi connectivity index (χ1n) is 14.9. The fraction of sp³-hybridized carbons (Fsp3) is 0. The number of carboxylic acids is 2. The highest BCUT2D eigenvalue weighted by molar-refractivity contribution is 7.93. The second-order valence-electron chi connectivity index (χ2n) is 11.2. The average molecular weight is 743 g/mol. The SMILES string of the molecule is O=C(Nc1ccc2c(O)cc(S(=O)(=O)Nc3ccccc3C(=O)O)cc2c1)Nc1ccc2c(O)cc(S(=O)(=O)Nc3ccccc3C(=O)O)cc2c1. The van der Waals surface area contributed by atoms with Gasteiger partial charge in [0.25, 0.3) is 20.0 Å². The van der Waals surface area contributed by atoms with Crippen molar-refractivity contribution in [2.24, 2.45) is 0 Å². The van der Waals surface area contributed by atoms with Gasteiger partial charge in [0.2, 0.25) is 0 Å². The van der Waals surface area contributed by atoms with Crippen LogP contribution in [0.2, 0.25) is 0 Å². The number of phenolic OH excluding ortho intramolecular Hbond substituents is 2. The topological polar surface area (TPSA) is 249 Å². The second-order valence-corrected chi connectivity index (χ2v) is 14.6. The Hall–Kier alpha value is -6.85. The van der Waals surface area contributed by atoms with E-state index in [9.17, 15) is 51.6 Å². The smallest absolute Gasteiger partial charge is 0.337 e. The van der Waals surface area contributed by atoms with Gasteiger partial charge in [-0.05, 0) is 83.6 Å². The van der Waals surface area contributed by atoms with Gasteiger partial charge in [-0.3, -0.25) is 9.44 Å². The molecule has 0 fully saturated rings. The number of rotatable bonds is 10. The lowest BCUT2D eigenvalue weighted by molar-refractivity contribution is 0.0687. The highest BCUT2D eigenvalue weighted by Crippen LogP contribution is 2.34. The molecule has 52 heavy (non-hydrogen) atoms. The number of aromatic carboxylic acids is 2. The van der Waals surface area contributed by atoms with Gasteiger partial charge in [0.05, 0.1) is 32.3 Å². The predicted octanol–water partition coefficient (Wildman–Crippen LogP) is 6.05. The van der Waals surface area contributed by atoms with Crippen LogP contribution in [0.25, 0.3) is 21.5 Å². The zero-order valence-electron chi connectivity index (χ0n) is 26.4. The van der Waals surface area contributed by atoms with Crippen molar-refractivity contribution in [2.45, 2.75) is 9.79 Å². The van der Waals surface area contributed by atoms with E-state index in [-0.39, 0.29) is 76.7 Å². The molecule has 8 N–H and O–H groups in total. The van der Waals surface area contributed by atoms with Crippen LogP contribution in [0.1, 0.15) is 20.7 Å². The quantitative estimate of drug-likeness (QED) is 0.0803. The maximum absolute atomic E-state index is 13.2. The van der Waals surface area contributed by atoms with Crippen molar-refractivity contribution >= 4 is 82.3 Å². The number of hydrogen-bond acceptors (Lipinski definition) is 9. The molecule has 0 atom stereocenters. The van der Waals surface area contributed by atoms with Crippen molar-refractivity contribution in [3.05, 3.63) is 120 Å². The van der Waals surface area contributed by atoms with Crippen molar-refractivity contribution in [3.8, 4) is 11.5 Å². The number of fused-ring (bicyclic) bond motifs is 2. The van der Waals surface area contributed by atoms with Crippen molar-refractivity contribution in [2.75, 3.05) is 20.1 Å². The third-order valence-corrected chi connectivity index (χ3v) is 10.4. The molecular formula is C35H26N4O11S2. The molecule has 0 unspecified atom stereocenters. The monoisotopic (exact) mass is 742 g/mol. The maximum Gasteiger partial charge on any atom is 0.337 e. The van der Waals surface area contributed by atoms with E-state index >= 15 is 0 Å². The van der Waals surface area contributed by atoms with E-state index in [0.29, 0.717) is 0 Å². The number of hydrogen-bond donors (Lipinski definition) is 8. The maximum atomic E-state index is 13.2. The fourth-order valence-electron chi connectivity index (χ4n) is 5.33. The highest BCUT2D eigenvalue weighted by atomic mass is 32.2. The van der Waals surface area contributed by atoms with E-state index in [0.717, 1.165) is 12.1 Å². The van der Waals surface area contributed by atoms with Crippen LogP contribution in [0.4, 0.5) is 27.5 Å². The summed E-state index contributed by atoms with van der Waals surface area (Å²) in [5.41, 5.74) is -0.523. The number of urea groups is 1. The average Bonchev–Trinajstić information content (AvgIpc) is 3.07. The minimum absolute atomic E-state index is 0.179. The molecule has 0 saturated heterocycles. The number of phenols is 2. The molecule has 0 heterocycles. The van der Waals surface area contributed by atoms with E-state index in [1.165, 1.54) is 97.1 Å². The van der Waals surface area contributed by atoms with Crippen LogP contribution >= 0.6 is 0 Å². The van der Waals surface area contributed by atoms with Gasteiger partial charge >= 0.3 is 18.0 Å². The Morgan fingerprint density at radius 3 is 1.27 bits per heavy atom. The number of amides is 2. The molecule has 6 aromatic carbocycles. The minimum Gasteiger partial charge on any atom is -0.507 e. The van der Waals surface area contributed by atoms with Crippen molar-refractivity contribution in [1.29, 1.82) is 0 Å². The first-order chi connectivity index (χ1) is 24.6. The molecule has 0 bridgehead atoms. The van der Waals surface area contributed by atoms with Gasteiger partial charge in [0.15, 0.2) is 0 Å². The van der Waals surface area contributed by atoms with Crippen LogP contribution in [0.3, 0.4) is 0 Å². The number of nitrogens with one attached hydrogen (secondary N) is 4. The summed E-state index contributed by atoms with van der Waals surface area (Å²) in [7, 11) is -8.74. The Kier molecular flexibility index (Phi) is 9.06. The molecule has 6 rings (SSSR count). The Balaban J connectivity index is 1.22. The molecule has 6 aromatic rings. The van der Waals surface area contributed by atoms with Crippen LogP contribution in [0.5, 0.6) is 11.5 Å². The number of para-hydroxylation sites is 2. The molecule has 264 valence electrons. The molecule has 0 aliphatic heterocycles. The normalized spacial score (nSPS) is 11.5. The van der Waals surface area contributed by atoms with Gasteiger partial charge in [0.1, 0.15) is 11.5 Å². The van der Waals surface area contributed by atoms with Crippen LogP contribution in [-0.4, -0.2) is 55.2 Å². The van der Waals surface area contributed by atoms with Crippen molar-refractivity contribution in [3.63, 3.8) is 0 Å². The number of anilines is 4. The van der Waals surface area contributed by atoms with Gasteiger partial charge in [-0.2, -0.15) is 0 Å². The Bertz CT molecular complexity index is 2500. The van der Waals surface area contributed by atoms with Gasteiger partial charge in [-0.15, -0.1) is 0 Å². The van der Waals surface area contributed by atoms with Gasteiger partial charge in [0, 0.05) is 34.3 Å². The third-order valence-electron chi connectivity index (χ3n) is 7.75. The number of aromatic hydroxyl groups is 2. The number of sulfonamides is 2. The first kappa shape index (κ1) is 35.0. The van der Waals surface area contributed by atoms with Crippen molar-refractivity contribution in [1.82, 2.24) is 0 Å². The lowest BCUT2D eigenvalue weighted by Gasteiger charge is -2.14. The number of carbonyl (C=O) groups excluding carboxylic acids is 1. The van der Waals surface area contributed by atoms with Gasteiger partial charge < -0.3 is 31.1 Å². The number of carbonyl (C=O) groups is 3. The summed E-state index contributed by atoms with van der Waals surface area (Å²) >= 11 is 0. The van der Waals surface area contributed by atoms with Crippen LogP contribution < -0.4 is 20.1 Å². The van der Waals surface area contributed by atoms with E-state index in [4.69, 9.17) is 0 Å². The molecule has 2 amide bonds. The molecule has 0 aromatic heterocycles. The third kappa shape index (κ3) is 7.21. The summed E-state index contributed by atoms with van der Waals surface area (Å²) in [5.74, 6) is -3.46. The summed E-state index contributed by atoms with van der Waals surface area (Å²) in [5, 5.41) is 46.2. The zero-order valence-corrected chi connectivity index (χ0v) is 28.0. The summed E-state index contributed by atoms with van der Waals surface area (Å²) in [6.45, 7) is 0. The Labute approximate surface area is 294 Å². The standard InChI is InChI=1S/C35H26N4O11S2/c40-31-17-23(51(47,48)38-29-7-3-1-5-27(29)33(42)43)15-19-13-21(9-11-25(19)31)36-35(46)37-22-10-12-26-20(14-22)16-24(18-32(26)41)52(49,50)39-30-8-4-2-6-28(30)34(44)45/h1-18,38-41H,(H,42,43)(H,44,45)(H2,36,37,46). The van der Waals surface area contributed by atoms with E-state index < -0.39 is 38.0 Å². The predicted molar refractivity (Wildman–Crippen MR) is 192 cm³/mol. The molecule has 0 spiro atoms. The van der Waals surface area contributed by atoms with E-state index in [1.807, 2.05) is 0 Å². The molecule has 17 heteroatoms. The van der Waals surface area contributed by atoms with Crippen LogP contribution in [-0.2, 0) is 20.0 Å². The molecule has 0 saturated carbocycles. The molecule has 0 aliphatic rings. The molecule has 0 radical (unpaired) electrons.